The second kappa shape index (κ2) is 9.76. The lowest BCUT2D eigenvalue weighted by molar-refractivity contribution is -0.142. The first kappa shape index (κ1) is 24.8. The lowest BCUT2D eigenvalue weighted by atomic mass is 9.79. The second-order valence-corrected chi connectivity index (χ2v) is 9.48. The number of primary amides is 1. The molecular weight excluding hydrogens is 469 g/mol. The van der Waals surface area contributed by atoms with Crippen LogP contribution >= 0.6 is 11.6 Å². The Morgan fingerprint density at radius 2 is 2.03 bits per heavy atom. The van der Waals surface area contributed by atoms with Crippen molar-refractivity contribution in [3.63, 3.8) is 0 Å². The van der Waals surface area contributed by atoms with Gasteiger partial charge in [0.25, 0.3) is 0 Å². The molecule has 2 heterocycles. The van der Waals surface area contributed by atoms with Crippen molar-refractivity contribution in [2.75, 3.05) is 19.7 Å². The first-order chi connectivity index (χ1) is 16.1. The summed E-state index contributed by atoms with van der Waals surface area (Å²) >= 11 is 6.39. The number of hydrogen-bond donors (Lipinski definition) is 1. The predicted octanol–water partition coefficient (Wildman–Crippen LogP) is 5.02. The summed E-state index contributed by atoms with van der Waals surface area (Å²) in [7, 11) is 0. The number of carbonyl (C=O) groups excluding carboxylic acids is 1. The Kier molecular flexibility index (Phi) is 7.12. The van der Waals surface area contributed by atoms with Gasteiger partial charge >= 0.3 is 6.18 Å². The van der Waals surface area contributed by atoms with Gasteiger partial charge in [-0.05, 0) is 42.7 Å². The topological polar surface area (TPSA) is 64.8 Å². The van der Waals surface area contributed by atoms with Crippen LogP contribution in [0.5, 0.6) is 5.75 Å². The monoisotopic (exact) mass is 496 g/mol. The average Bonchev–Trinajstić information content (AvgIpc) is 3.27. The lowest BCUT2D eigenvalue weighted by Crippen LogP contribution is -2.61. The molecule has 0 spiro atoms. The molecule has 2 fully saturated rings. The number of carbonyl (C=O) groups is 1. The van der Waals surface area contributed by atoms with Gasteiger partial charge in [0.1, 0.15) is 17.4 Å². The van der Waals surface area contributed by atoms with E-state index in [0.29, 0.717) is 44.0 Å². The fourth-order valence-electron chi connectivity index (χ4n) is 5.06. The highest BCUT2D eigenvalue weighted by Gasteiger charge is 2.50. The summed E-state index contributed by atoms with van der Waals surface area (Å²) < 4.78 is 51.0. The molecule has 0 aliphatic carbocycles. The van der Waals surface area contributed by atoms with Crippen LogP contribution in [-0.4, -0.2) is 48.3 Å². The minimum absolute atomic E-state index is 0.0486. The fourth-order valence-corrected chi connectivity index (χ4v) is 5.36. The summed E-state index contributed by atoms with van der Waals surface area (Å²) in [5.74, 6) is -0.314. The van der Waals surface area contributed by atoms with Gasteiger partial charge in [0.15, 0.2) is 0 Å². The molecule has 1 amide bonds. The van der Waals surface area contributed by atoms with Gasteiger partial charge in [0, 0.05) is 37.1 Å². The van der Waals surface area contributed by atoms with Crippen LogP contribution in [-0.2, 0) is 15.7 Å². The highest BCUT2D eigenvalue weighted by atomic mass is 35.5. The highest BCUT2D eigenvalue weighted by Crippen LogP contribution is 2.40. The van der Waals surface area contributed by atoms with Crippen LogP contribution < -0.4 is 10.5 Å². The van der Waals surface area contributed by atoms with Crippen LogP contribution in [0, 0.1) is 0 Å². The summed E-state index contributed by atoms with van der Waals surface area (Å²) in [6.07, 6.45) is -3.61. The quantitative estimate of drug-likeness (QED) is 0.610. The second-order valence-electron chi connectivity index (χ2n) is 9.07. The molecule has 4 rings (SSSR count). The Balaban J connectivity index is 1.48. The van der Waals surface area contributed by atoms with Crippen molar-refractivity contribution in [2.24, 2.45) is 5.73 Å². The minimum Gasteiger partial charge on any atom is -0.489 e. The van der Waals surface area contributed by atoms with Crippen LogP contribution in [0.15, 0.2) is 48.5 Å². The molecule has 0 radical (unpaired) electrons. The van der Waals surface area contributed by atoms with Gasteiger partial charge in [0.05, 0.1) is 11.7 Å². The maximum absolute atomic E-state index is 13.0. The van der Waals surface area contributed by atoms with E-state index >= 15 is 0 Å². The van der Waals surface area contributed by atoms with Crippen molar-refractivity contribution in [1.82, 2.24) is 4.90 Å². The molecule has 0 bridgehead atoms. The Hall–Kier alpha value is -2.29. The van der Waals surface area contributed by atoms with Gasteiger partial charge in [-0.3, -0.25) is 9.69 Å². The van der Waals surface area contributed by atoms with Crippen molar-refractivity contribution in [3.05, 3.63) is 64.7 Å². The zero-order valence-corrected chi connectivity index (χ0v) is 19.6. The molecule has 2 saturated heterocycles. The van der Waals surface area contributed by atoms with Crippen molar-refractivity contribution >= 4 is 17.5 Å². The SMILES string of the molecule is C[C@@H](c1ccccc1Cl)C1CC(C(N)=O)(N2CC[C@@H](Oc3cccc(C(F)(F)F)c3)C2)CCO1. The molecular formula is C25H28ClF3N2O3. The number of nitrogens with zero attached hydrogens (tertiary/aromatic N) is 1. The van der Waals surface area contributed by atoms with Gasteiger partial charge < -0.3 is 15.2 Å². The average molecular weight is 497 g/mol. The zero-order valence-electron chi connectivity index (χ0n) is 18.9. The molecule has 2 N–H and O–H groups in total. The van der Waals surface area contributed by atoms with Crippen molar-refractivity contribution in [3.8, 4) is 5.75 Å². The molecule has 0 aromatic heterocycles. The normalized spacial score (nSPS) is 26.9. The Morgan fingerprint density at radius 1 is 1.26 bits per heavy atom. The van der Waals surface area contributed by atoms with E-state index in [9.17, 15) is 18.0 Å². The van der Waals surface area contributed by atoms with E-state index < -0.39 is 23.2 Å². The molecule has 2 aliphatic rings. The van der Waals surface area contributed by atoms with Gasteiger partial charge in [-0.25, -0.2) is 0 Å². The number of ether oxygens (including phenoxy) is 2. The number of alkyl halides is 3. The van der Waals surface area contributed by atoms with E-state index in [1.54, 1.807) is 0 Å². The van der Waals surface area contributed by atoms with Gasteiger partial charge in [-0.2, -0.15) is 13.2 Å². The van der Waals surface area contributed by atoms with Gasteiger partial charge in [-0.1, -0.05) is 42.8 Å². The van der Waals surface area contributed by atoms with E-state index in [0.717, 1.165) is 17.7 Å². The number of hydrogen-bond acceptors (Lipinski definition) is 4. The summed E-state index contributed by atoms with van der Waals surface area (Å²) in [6, 6.07) is 12.4. The highest BCUT2D eigenvalue weighted by molar-refractivity contribution is 6.31. The summed E-state index contributed by atoms with van der Waals surface area (Å²) in [4.78, 5) is 14.8. The Labute approximate surface area is 202 Å². The van der Waals surface area contributed by atoms with Gasteiger partial charge in [0.2, 0.25) is 5.91 Å². The van der Waals surface area contributed by atoms with Crippen molar-refractivity contribution in [1.29, 1.82) is 0 Å². The lowest BCUT2D eigenvalue weighted by Gasteiger charge is -2.46. The number of benzene rings is 2. The van der Waals surface area contributed by atoms with Crippen molar-refractivity contribution in [2.45, 2.75) is 56.0 Å². The predicted molar refractivity (Wildman–Crippen MR) is 123 cm³/mol. The summed E-state index contributed by atoms with van der Waals surface area (Å²) in [6.45, 7) is 3.34. The smallest absolute Gasteiger partial charge is 0.416 e. The first-order valence-electron chi connectivity index (χ1n) is 11.3. The Bertz CT molecular complexity index is 1030. The third-order valence-electron chi connectivity index (χ3n) is 7.01. The van der Waals surface area contributed by atoms with E-state index in [2.05, 4.69) is 0 Å². The van der Waals surface area contributed by atoms with Gasteiger partial charge in [-0.15, -0.1) is 0 Å². The van der Waals surface area contributed by atoms with Crippen LogP contribution in [0.4, 0.5) is 13.2 Å². The van der Waals surface area contributed by atoms with Crippen LogP contribution in [0.3, 0.4) is 0 Å². The maximum atomic E-state index is 13.0. The fraction of sp³-hybridized carbons (Fsp3) is 0.480. The standard InChI is InChI=1S/C25H28ClF3N2O3/c1-16(20-7-2-3-8-21(20)26)22-14-24(23(30)32,10-12-33-22)31-11-9-19(15-31)34-18-6-4-5-17(13-18)25(27,28)29/h2-8,13,16,19,22H,9-12,14-15H2,1H3,(H2,30,32)/t16-,19+,22?,24?/m0/s1. The minimum atomic E-state index is -4.44. The number of halogens is 4. The van der Waals surface area contributed by atoms with E-state index in [1.165, 1.54) is 12.1 Å². The number of nitrogens with two attached hydrogens (primary N) is 1. The molecule has 5 nitrogen and oxygen atoms in total. The van der Waals surface area contributed by atoms with Crippen LogP contribution in [0.2, 0.25) is 5.02 Å². The number of amides is 1. The first-order valence-corrected chi connectivity index (χ1v) is 11.7. The molecule has 2 aromatic carbocycles. The molecule has 9 heteroatoms. The molecule has 184 valence electrons. The number of likely N-dealkylation sites (tertiary alicyclic amines) is 1. The number of rotatable bonds is 6. The summed E-state index contributed by atoms with van der Waals surface area (Å²) in [5, 5.41) is 0.643. The van der Waals surface area contributed by atoms with E-state index in [-0.39, 0.29) is 23.9 Å². The van der Waals surface area contributed by atoms with E-state index in [4.69, 9.17) is 26.8 Å². The third kappa shape index (κ3) is 5.04. The van der Waals surface area contributed by atoms with Crippen molar-refractivity contribution < 1.29 is 27.4 Å². The van der Waals surface area contributed by atoms with Crippen LogP contribution in [0.1, 0.15) is 43.2 Å². The summed E-state index contributed by atoms with van der Waals surface area (Å²) in [5.41, 5.74) is 5.23. The maximum Gasteiger partial charge on any atom is 0.416 e. The molecule has 4 atom stereocenters. The molecule has 2 aromatic rings. The molecule has 2 unspecified atom stereocenters. The third-order valence-corrected chi connectivity index (χ3v) is 7.36. The van der Waals surface area contributed by atoms with Crippen LogP contribution in [0.25, 0.3) is 0 Å². The zero-order chi connectivity index (χ0) is 24.5. The largest absolute Gasteiger partial charge is 0.489 e. The molecule has 34 heavy (non-hydrogen) atoms. The molecule has 0 saturated carbocycles. The Morgan fingerprint density at radius 3 is 2.74 bits per heavy atom. The molecule has 2 aliphatic heterocycles. The van der Waals surface area contributed by atoms with E-state index in [1.807, 2.05) is 36.1 Å².